The third-order valence-electron chi connectivity index (χ3n) is 7.20. The summed E-state index contributed by atoms with van der Waals surface area (Å²) in [5, 5.41) is 15.8. The normalized spacial score (nSPS) is 29.3. The molecule has 8 nitrogen and oxygen atoms in total. The molecule has 2 aromatic carbocycles. The fourth-order valence-electron chi connectivity index (χ4n) is 5.83. The van der Waals surface area contributed by atoms with Crippen LogP contribution in [0.4, 0.5) is 11.4 Å². The number of aliphatic hydroxyl groups excluding tert-OH is 1. The van der Waals surface area contributed by atoms with Crippen molar-refractivity contribution in [2.24, 2.45) is 11.8 Å². The Morgan fingerprint density at radius 2 is 1.91 bits per heavy atom. The number of aliphatic hydroxyl groups is 1. The number of anilines is 2. The number of likely N-dealkylation sites (tertiary alicyclic amines) is 1. The van der Waals surface area contributed by atoms with E-state index in [9.17, 15) is 19.5 Å². The number of ether oxygens (including phenoxy) is 1. The highest BCUT2D eigenvalue weighted by Crippen LogP contribution is 2.58. The van der Waals surface area contributed by atoms with Crippen LogP contribution in [-0.4, -0.2) is 58.6 Å². The molecule has 3 saturated heterocycles. The van der Waals surface area contributed by atoms with E-state index in [0.717, 1.165) is 5.56 Å². The average Bonchev–Trinajstić information content (AvgIpc) is 3.45. The van der Waals surface area contributed by atoms with E-state index in [4.69, 9.17) is 16.3 Å². The van der Waals surface area contributed by atoms with E-state index in [-0.39, 0.29) is 25.0 Å². The summed E-state index contributed by atoms with van der Waals surface area (Å²) in [6.07, 6.45) is 0.592. The highest BCUT2D eigenvalue weighted by Gasteiger charge is 2.74. The minimum absolute atomic E-state index is 0.0300. The second-order valence-corrected chi connectivity index (χ2v) is 9.49. The molecule has 3 N–H and O–H groups in total. The van der Waals surface area contributed by atoms with Gasteiger partial charge in [0.1, 0.15) is 11.6 Å². The van der Waals surface area contributed by atoms with Gasteiger partial charge in [0.25, 0.3) is 0 Å². The molecule has 2 aromatic rings. The molecule has 2 unspecified atom stereocenters. The Bertz CT molecular complexity index is 1120. The van der Waals surface area contributed by atoms with E-state index in [1.54, 1.807) is 24.3 Å². The SMILES string of the molecule is Cc1cccc(Cl)c1NC(=O)C1N(CCO)C(=O)[C@@H]2[C@@H](C(=O)Nc3ccccc3)[C@H]3CCC12O3. The molecular weight excluding hydrogens is 458 g/mol. The molecule has 2 bridgehead atoms. The quantitative estimate of drug-likeness (QED) is 0.585. The van der Waals surface area contributed by atoms with Gasteiger partial charge in [-0.2, -0.15) is 0 Å². The van der Waals surface area contributed by atoms with Gasteiger partial charge in [0, 0.05) is 12.2 Å². The zero-order chi connectivity index (χ0) is 24.0. The average molecular weight is 484 g/mol. The van der Waals surface area contributed by atoms with Crippen LogP contribution < -0.4 is 10.6 Å². The van der Waals surface area contributed by atoms with Crippen LogP contribution in [0.3, 0.4) is 0 Å². The summed E-state index contributed by atoms with van der Waals surface area (Å²) >= 11 is 6.32. The van der Waals surface area contributed by atoms with Gasteiger partial charge in [-0.1, -0.05) is 41.9 Å². The Kier molecular flexibility index (Phi) is 5.83. The second kappa shape index (κ2) is 8.69. The van der Waals surface area contributed by atoms with E-state index >= 15 is 0 Å². The summed E-state index contributed by atoms with van der Waals surface area (Å²) in [5.74, 6) is -2.61. The van der Waals surface area contributed by atoms with Crippen molar-refractivity contribution in [1.82, 2.24) is 4.90 Å². The number of carbonyl (C=O) groups is 3. The molecule has 34 heavy (non-hydrogen) atoms. The number of hydrogen-bond donors (Lipinski definition) is 3. The molecule has 3 fully saturated rings. The first-order chi connectivity index (χ1) is 16.4. The van der Waals surface area contributed by atoms with Crippen LogP contribution in [0.5, 0.6) is 0 Å². The van der Waals surface area contributed by atoms with Crippen molar-refractivity contribution in [3.05, 3.63) is 59.1 Å². The number of aryl methyl sites for hydroxylation is 1. The standard InChI is InChI=1S/C25H26ClN3O5/c1-14-6-5-9-16(26)20(14)28-23(32)21-25-11-10-17(34-25)18(19(25)24(33)29(21)12-13-30)22(31)27-15-7-3-2-4-8-15/h2-9,17-19,21,30H,10-13H2,1H3,(H,27,31)(H,28,32)/t17-,18+,19+,21?,25?/m1/s1. The lowest BCUT2D eigenvalue weighted by Crippen LogP contribution is -2.53. The second-order valence-electron chi connectivity index (χ2n) is 9.09. The fourth-order valence-corrected chi connectivity index (χ4v) is 6.10. The number of para-hydroxylation sites is 2. The third-order valence-corrected chi connectivity index (χ3v) is 7.52. The van der Waals surface area contributed by atoms with Crippen molar-refractivity contribution in [3.8, 4) is 0 Å². The number of fused-ring (bicyclic) bond motifs is 1. The minimum Gasteiger partial charge on any atom is -0.395 e. The molecule has 0 radical (unpaired) electrons. The molecule has 5 atom stereocenters. The zero-order valence-corrected chi connectivity index (χ0v) is 19.4. The molecule has 0 saturated carbocycles. The van der Waals surface area contributed by atoms with Gasteiger partial charge in [-0.05, 0) is 43.5 Å². The first-order valence-electron chi connectivity index (χ1n) is 11.4. The molecule has 3 aliphatic rings. The summed E-state index contributed by atoms with van der Waals surface area (Å²) < 4.78 is 6.34. The lowest BCUT2D eigenvalue weighted by molar-refractivity contribution is -0.140. The maximum Gasteiger partial charge on any atom is 0.250 e. The van der Waals surface area contributed by atoms with Gasteiger partial charge in [-0.3, -0.25) is 14.4 Å². The number of amides is 3. The summed E-state index contributed by atoms with van der Waals surface area (Å²) in [4.78, 5) is 41.8. The Hall–Kier alpha value is -2.94. The topological polar surface area (TPSA) is 108 Å². The molecular formula is C25H26ClN3O5. The van der Waals surface area contributed by atoms with Crippen LogP contribution in [0.1, 0.15) is 18.4 Å². The van der Waals surface area contributed by atoms with Gasteiger partial charge in [-0.25, -0.2) is 0 Å². The summed E-state index contributed by atoms with van der Waals surface area (Å²) in [6.45, 7) is 1.49. The maximum absolute atomic E-state index is 13.6. The van der Waals surface area contributed by atoms with Crippen molar-refractivity contribution in [2.75, 3.05) is 23.8 Å². The first-order valence-corrected chi connectivity index (χ1v) is 11.8. The lowest BCUT2D eigenvalue weighted by atomic mass is 9.70. The molecule has 3 aliphatic heterocycles. The van der Waals surface area contributed by atoms with Crippen molar-refractivity contribution in [1.29, 1.82) is 0 Å². The van der Waals surface area contributed by atoms with Crippen LogP contribution in [0.2, 0.25) is 5.02 Å². The monoisotopic (exact) mass is 483 g/mol. The molecule has 5 rings (SSSR count). The van der Waals surface area contributed by atoms with Crippen LogP contribution in [-0.2, 0) is 19.1 Å². The molecule has 178 valence electrons. The number of rotatable bonds is 6. The van der Waals surface area contributed by atoms with Gasteiger partial charge < -0.3 is 25.4 Å². The maximum atomic E-state index is 13.6. The van der Waals surface area contributed by atoms with E-state index in [0.29, 0.717) is 29.2 Å². The zero-order valence-electron chi connectivity index (χ0n) is 18.7. The Morgan fingerprint density at radius 1 is 1.15 bits per heavy atom. The van der Waals surface area contributed by atoms with Gasteiger partial charge in [-0.15, -0.1) is 0 Å². The first kappa shape index (κ1) is 22.8. The van der Waals surface area contributed by atoms with E-state index in [2.05, 4.69) is 10.6 Å². The fraction of sp³-hybridized carbons (Fsp3) is 0.400. The van der Waals surface area contributed by atoms with Crippen molar-refractivity contribution >= 4 is 40.7 Å². The lowest BCUT2D eigenvalue weighted by Gasteiger charge is -2.33. The van der Waals surface area contributed by atoms with Crippen LogP contribution in [0, 0.1) is 18.8 Å². The molecule has 0 aromatic heterocycles. The number of nitrogens with one attached hydrogen (secondary N) is 2. The minimum atomic E-state index is -1.13. The van der Waals surface area contributed by atoms with Crippen molar-refractivity contribution in [3.63, 3.8) is 0 Å². The van der Waals surface area contributed by atoms with E-state index in [1.165, 1.54) is 4.90 Å². The van der Waals surface area contributed by atoms with Crippen molar-refractivity contribution in [2.45, 2.75) is 37.5 Å². The van der Waals surface area contributed by atoms with Crippen LogP contribution in [0.15, 0.2) is 48.5 Å². The van der Waals surface area contributed by atoms with Gasteiger partial charge in [0.05, 0.1) is 35.3 Å². The highest BCUT2D eigenvalue weighted by molar-refractivity contribution is 6.34. The predicted molar refractivity (Wildman–Crippen MR) is 126 cm³/mol. The van der Waals surface area contributed by atoms with Gasteiger partial charge in [0.2, 0.25) is 17.7 Å². The number of benzene rings is 2. The van der Waals surface area contributed by atoms with E-state index in [1.807, 2.05) is 31.2 Å². The third kappa shape index (κ3) is 3.48. The predicted octanol–water partition coefficient (Wildman–Crippen LogP) is 2.59. The summed E-state index contributed by atoms with van der Waals surface area (Å²) in [6, 6.07) is 13.3. The summed E-state index contributed by atoms with van der Waals surface area (Å²) in [7, 11) is 0. The molecule has 3 heterocycles. The Morgan fingerprint density at radius 3 is 2.62 bits per heavy atom. The number of nitrogens with zero attached hydrogens (tertiary/aromatic N) is 1. The van der Waals surface area contributed by atoms with Crippen LogP contribution >= 0.6 is 11.6 Å². The number of hydrogen-bond acceptors (Lipinski definition) is 5. The van der Waals surface area contributed by atoms with Gasteiger partial charge in [0.15, 0.2) is 0 Å². The number of carbonyl (C=O) groups excluding carboxylic acids is 3. The largest absolute Gasteiger partial charge is 0.395 e. The van der Waals surface area contributed by atoms with Crippen molar-refractivity contribution < 1.29 is 24.2 Å². The highest BCUT2D eigenvalue weighted by atomic mass is 35.5. The molecule has 0 aliphatic carbocycles. The number of β-amino-alcohol motifs (C(OH)–C–C–N with tert-alkyl or cyclic N) is 1. The summed E-state index contributed by atoms with van der Waals surface area (Å²) in [5.41, 5.74) is 0.751. The smallest absolute Gasteiger partial charge is 0.250 e. The van der Waals surface area contributed by atoms with E-state index < -0.39 is 35.5 Å². The Labute approximate surface area is 202 Å². The molecule has 1 spiro atoms. The Balaban J connectivity index is 1.47. The number of halogens is 1. The van der Waals surface area contributed by atoms with Gasteiger partial charge >= 0.3 is 0 Å². The molecule has 9 heteroatoms. The molecule has 3 amide bonds. The van der Waals surface area contributed by atoms with Crippen LogP contribution in [0.25, 0.3) is 0 Å².